The molecule has 1 rings (SSSR count). The van der Waals surface area contributed by atoms with Crippen molar-refractivity contribution < 1.29 is 23.9 Å². The smallest absolute Gasteiger partial charge is 0.424 e. The number of nitrogens with zero attached hydrogens (tertiary/aromatic N) is 2. The summed E-state index contributed by atoms with van der Waals surface area (Å²) in [6.45, 7) is 9.85. The minimum absolute atomic E-state index is 0.0226. The molecule has 0 saturated carbocycles. The third-order valence-electron chi connectivity index (χ3n) is 3.18. The molecule has 0 unspecified atom stereocenters. The molecule has 0 aromatic heterocycles. The second-order valence-electron chi connectivity index (χ2n) is 8.73. The molecule has 0 aliphatic carbocycles. The van der Waals surface area contributed by atoms with Crippen molar-refractivity contribution in [3.63, 3.8) is 0 Å². The molecule has 0 aliphatic rings. The number of carbonyl (C=O) groups excluding carboxylic acids is 3. The van der Waals surface area contributed by atoms with Gasteiger partial charge in [-0.1, -0.05) is 23.2 Å². The molecule has 0 heterocycles. The minimum atomic E-state index is -1.06. The van der Waals surface area contributed by atoms with Gasteiger partial charge in [0.15, 0.2) is 0 Å². The van der Waals surface area contributed by atoms with Crippen LogP contribution in [0.5, 0.6) is 0 Å². The summed E-state index contributed by atoms with van der Waals surface area (Å²) in [6.07, 6.45) is -0.805. The molecule has 166 valence electrons. The molecular weight excluding hydrogens is 431 g/mol. The van der Waals surface area contributed by atoms with Gasteiger partial charge in [0.05, 0.1) is 5.02 Å². The summed E-state index contributed by atoms with van der Waals surface area (Å²) in [7, 11) is 3.27. The Morgan fingerprint density at radius 2 is 1.37 bits per heavy atom. The number of carbonyl (C=O) groups is 3. The number of allylic oxidation sites excluding steroid dienone is 1. The fourth-order valence-corrected chi connectivity index (χ4v) is 2.53. The zero-order valence-corrected chi connectivity index (χ0v) is 20.0. The summed E-state index contributed by atoms with van der Waals surface area (Å²) in [4.78, 5) is 41.3. The molecule has 0 spiro atoms. The van der Waals surface area contributed by atoms with Gasteiger partial charge in [-0.05, 0) is 59.7 Å². The first kappa shape index (κ1) is 25.8. The molecule has 2 amide bonds. The number of hydrogen-bond acceptors (Lipinski definition) is 6. The van der Waals surface area contributed by atoms with Crippen LogP contribution in [-0.4, -0.2) is 53.1 Å². The van der Waals surface area contributed by atoms with Crippen molar-refractivity contribution in [3.05, 3.63) is 45.7 Å². The van der Waals surface area contributed by atoms with Crippen LogP contribution in [0.2, 0.25) is 10.0 Å². The molecule has 0 atom stereocenters. The van der Waals surface area contributed by atoms with Crippen LogP contribution < -0.4 is 0 Å². The van der Waals surface area contributed by atoms with Gasteiger partial charge in [-0.3, -0.25) is 4.79 Å². The number of rotatable bonds is 4. The van der Waals surface area contributed by atoms with E-state index in [0.717, 1.165) is 0 Å². The van der Waals surface area contributed by atoms with Gasteiger partial charge in [-0.2, -0.15) is 4.90 Å². The average molecular weight is 459 g/mol. The molecule has 0 N–H and O–H groups in total. The van der Waals surface area contributed by atoms with E-state index in [1.165, 1.54) is 29.3 Å². The van der Waals surface area contributed by atoms with Crippen molar-refractivity contribution in [2.75, 3.05) is 14.1 Å². The number of halogens is 2. The third kappa shape index (κ3) is 7.88. The number of benzene rings is 1. The first-order valence-corrected chi connectivity index (χ1v) is 9.91. The number of amides is 2. The standard InChI is InChI=1S/C21H28Cl2N2O5/c1-20(2,3)29-18(27)25(19(28)30-21(4,5)6)16(12-24(7)8)17(26)14-11-13(22)9-10-15(14)23/h9-12H,1-8H3/b16-12-. The Kier molecular flexibility index (Phi) is 8.34. The lowest BCUT2D eigenvalue weighted by molar-refractivity contribution is 0.00753. The lowest BCUT2D eigenvalue weighted by Crippen LogP contribution is -2.45. The highest BCUT2D eigenvalue weighted by molar-refractivity contribution is 6.37. The molecule has 7 nitrogen and oxygen atoms in total. The third-order valence-corrected chi connectivity index (χ3v) is 3.74. The van der Waals surface area contributed by atoms with E-state index in [0.29, 0.717) is 4.90 Å². The first-order valence-electron chi connectivity index (χ1n) is 9.16. The van der Waals surface area contributed by atoms with E-state index in [9.17, 15) is 14.4 Å². The molecule has 0 fully saturated rings. The Labute approximate surface area is 187 Å². The Morgan fingerprint density at radius 3 is 1.77 bits per heavy atom. The average Bonchev–Trinajstić information content (AvgIpc) is 2.52. The van der Waals surface area contributed by atoms with Crippen LogP contribution in [0.25, 0.3) is 0 Å². The quantitative estimate of drug-likeness (QED) is 0.422. The highest BCUT2D eigenvalue weighted by atomic mass is 35.5. The van der Waals surface area contributed by atoms with Crippen LogP contribution >= 0.6 is 23.2 Å². The Morgan fingerprint density at radius 1 is 0.900 bits per heavy atom. The zero-order chi connectivity index (χ0) is 23.4. The summed E-state index contributed by atoms with van der Waals surface area (Å²) < 4.78 is 10.7. The molecule has 1 aromatic rings. The molecule has 0 radical (unpaired) electrons. The summed E-state index contributed by atoms with van der Waals surface area (Å²) in [5.41, 5.74) is -2.11. The molecule has 0 aliphatic heterocycles. The van der Waals surface area contributed by atoms with Crippen molar-refractivity contribution in [2.45, 2.75) is 52.7 Å². The Hall–Kier alpha value is -2.25. The van der Waals surface area contributed by atoms with E-state index in [1.807, 2.05) is 0 Å². The van der Waals surface area contributed by atoms with Crippen molar-refractivity contribution in [1.29, 1.82) is 0 Å². The topological polar surface area (TPSA) is 76.2 Å². The summed E-state index contributed by atoms with van der Waals surface area (Å²) >= 11 is 12.2. The minimum Gasteiger partial charge on any atom is -0.443 e. The maximum atomic E-state index is 13.3. The van der Waals surface area contributed by atoms with Gasteiger partial charge in [0.25, 0.3) is 0 Å². The van der Waals surface area contributed by atoms with Crippen LogP contribution in [0, 0.1) is 0 Å². The second kappa shape index (κ2) is 9.71. The van der Waals surface area contributed by atoms with Gasteiger partial charge in [-0.15, -0.1) is 0 Å². The van der Waals surface area contributed by atoms with E-state index in [-0.39, 0.29) is 21.3 Å². The Bertz CT molecular complexity index is 824. The van der Waals surface area contributed by atoms with E-state index in [1.54, 1.807) is 55.6 Å². The maximum absolute atomic E-state index is 13.3. The number of imide groups is 1. The van der Waals surface area contributed by atoms with Crippen LogP contribution in [0.15, 0.2) is 30.1 Å². The van der Waals surface area contributed by atoms with Gasteiger partial charge in [0.1, 0.15) is 16.9 Å². The predicted octanol–water partition coefficient (Wildman–Crippen LogP) is 5.75. The molecule has 0 saturated heterocycles. The number of ether oxygens (including phenoxy) is 2. The van der Waals surface area contributed by atoms with Gasteiger partial charge < -0.3 is 14.4 Å². The lowest BCUT2D eigenvalue weighted by Gasteiger charge is -2.30. The van der Waals surface area contributed by atoms with E-state index >= 15 is 0 Å². The number of Topliss-reactive ketones (excluding diaryl/α,β-unsaturated/α-hetero) is 1. The van der Waals surface area contributed by atoms with Crippen molar-refractivity contribution in [1.82, 2.24) is 9.80 Å². The largest absolute Gasteiger partial charge is 0.443 e. The van der Waals surface area contributed by atoms with Crippen molar-refractivity contribution in [3.8, 4) is 0 Å². The van der Waals surface area contributed by atoms with Gasteiger partial charge in [0, 0.05) is 30.9 Å². The highest BCUT2D eigenvalue weighted by Gasteiger charge is 2.37. The van der Waals surface area contributed by atoms with E-state index in [4.69, 9.17) is 32.7 Å². The predicted molar refractivity (Wildman–Crippen MR) is 117 cm³/mol. The molecule has 1 aromatic carbocycles. The first-order chi connectivity index (χ1) is 13.5. The summed E-state index contributed by atoms with van der Waals surface area (Å²) in [5, 5.41) is 0.385. The zero-order valence-electron chi connectivity index (χ0n) is 18.5. The van der Waals surface area contributed by atoms with Crippen LogP contribution in [0.4, 0.5) is 9.59 Å². The Balaban J connectivity index is 3.61. The number of hydrogen-bond donors (Lipinski definition) is 0. The molecule has 30 heavy (non-hydrogen) atoms. The SMILES string of the molecule is CN(C)/C=C(/C(=O)c1cc(Cl)ccc1Cl)N(C(=O)OC(C)(C)C)C(=O)OC(C)(C)C. The second-order valence-corrected chi connectivity index (χ2v) is 9.57. The molecule has 9 heteroatoms. The summed E-state index contributed by atoms with van der Waals surface area (Å²) in [5.74, 6) is -0.701. The van der Waals surface area contributed by atoms with Crippen LogP contribution in [-0.2, 0) is 9.47 Å². The van der Waals surface area contributed by atoms with Gasteiger partial charge >= 0.3 is 12.2 Å². The highest BCUT2D eigenvalue weighted by Crippen LogP contribution is 2.27. The monoisotopic (exact) mass is 458 g/mol. The fourth-order valence-electron chi connectivity index (χ4n) is 2.16. The van der Waals surface area contributed by atoms with Crippen LogP contribution in [0.1, 0.15) is 51.9 Å². The lowest BCUT2D eigenvalue weighted by atomic mass is 10.1. The summed E-state index contributed by atoms with van der Waals surface area (Å²) in [6, 6.07) is 4.34. The van der Waals surface area contributed by atoms with Crippen molar-refractivity contribution in [2.24, 2.45) is 0 Å². The van der Waals surface area contributed by atoms with E-state index < -0.39 is 29.2 Å². The van der Waals surface area contributed by atoms with Gasteiger partial charge in [0.2, 0.25) is 5.78 Å². The maximum Gasteiger partial charge on any atom is 0.424 e. The van der Waals surface area contributed by atoms with Crippen molar-refractivity contribution >= 4 is 41.2 Å². The van der Waals surface area contributed by atoms with E-state index in [2.05, 4.69) is 0 Å². The fraction of sp³-hybridized carbons (Fsp3) is 0.476. The van der Waals surface area contributed by atoms with Crippen LogP contribution in [0.3, 0.4) is 0 Å². The molecule has 0 bridgehead atoms. The normalized spacial score (nSPS) is 12.3. The van der Waals surface area contributed by atoms with Gasteiger partial charge in [-0.25, -0.2) is 9.59 Å². The molecular formula is C21H28Cl2N2O5. The number of ketones is 1.